The molecule has 0 spiro atoms. The summed E-state index contributed by atoms with van der Waals surface area (Å²) >= 11 is 0. The van der Waals surface area contributed by atoms with E-state index in [4.69, 9.17) is 9.15 Å². The van der Waals surface area contributed by atoms with E-state index in [-0.39, 0.29) is 11.8 Å². The monoisotopic (exact) mass is 374 g/mol. The van der Waals surface area contributed by atoms with Crippen LogP contribution in [0.1, 0.15) is 33.2 Å². The number of carbonyl (C=O) groups is 1. The van der Waals surface area contributed by atoms with Crippen LogP contribution in [0.2, 0.25) is 0 Å². The third-order valence-corrected chi connectivity index (χ3v) is 5.05. The number of aryl methyl sites for hydroxylation is 1. The number of hydrogen-bond donors (Lipinski definition) is 2. The minimum Gasteiger partial charge on any atom is -0.497 e. The molecule has 0 saturated carbocycles. The Morgan fingerprint density at radius 3 is 2.64 bits per heavy atom. The summed E-state index contributed by atoms with van der Waals surface area (Å²) in [5.74, 6) is 0.936. The molecule has 28 heavy (non-hydrogen) atoms. The predicted molar refractivity (Wildman–Crippen MR) is 109 cm³/mol. The third-order valence-electron chi connectivity index (χ3n) is 5.05. The van der Waals surface area contributed by atoms with Crippen LogP contribution < -0.4 is 10.1 Å². The van der Waals surface area contributed by atoms with Crippen molar-refractivity contribution in [1.29, 1.82) is 0 Å². The molecular weight excluding hydrogens is 352 g/mol. The van der Waals surface area contributed by atoms with Crippen molar-refractivity contribution >= 4 is 16.8 Å². The molecule has 0 radical (unpaired) electrons. The number of H-pyrrole nitrogens is 1. The molecule has 0 bridgehead atoms. The second kappa shape index (κ2) is 7.64. The smallest absolute Gasteiger partial charge is 0.287 e. The van der Waals surface area contributed by atoms with E-state index in [0.717, 1.165) is 33.3 Å². The van der Waals surface area contributed by atoms with Gasteiger partial charge in [-0.15, -0.1) is 0 Å². The number of fused-ring (bicyclic) bond motifs is 1. The lowest BCUT2D eigenvalue weighted by atomic mass is 9.90. The molecule has 2 aromatic heterocycles. The van der Waals surface area contributed by atoms with Gasteiger partial charge in [-0.05, 0) is 42.3 Å². The number of furan rings is 1. The Morgan fingerprint density at radius 1 is 1.14 bits per heavy atom. The summed E-state index contributed by atoms with van der Waals surface area (Å²) in [5.41, 5.74) is 4.13. The first-order chi connectivity index (χ1) is 13.7. The van der Waals surface area contributed by atoms with Crippen molar-refractivity contribution in [3.63, 3.8) is 0 Å². The van der Waals surface area contributed by atoms with Crippen molar-refractivity contribution < 1.29 is 13.9 Å². The molecular formula is C23H22N2O3. The van der Waals surface area contributed by atoms with E-state index in [1.54, 1.807) is 13.2 Å². The van der Waals surface area contributed by atoms with E-state index in [1.807, 2.05) is 49.5 Å². The van der Waals surface area contributed by atoms with Gasteiger partial charge in [0.25, 0.3) is 5.91 Å². The molecule has 0 aliphatic carbocycles. The standard InChI is InChI=1S/C23H22N2O3/c1-15-11-12-28-22(15)23(26)25-13-19(16-7-9-17(27-2)10-8-16)20-14-24-21-6-4-3-5-18(20)21/h3-12,14,19,24H,13H2,1-2H3,(H,25,26). The number of amides is 1. The Balaban J connectivity index is 1.67. The van der Waals surface area contributed by atoms with Crippen molar-refractivity contribution in [1.82, 2.24) is 10.3 Å². The van der Waals surface area contributed by atoms with Gasteiger partial charge < -0.3 is 19.5 Å². The number of aromatic amines is 1. The fraction of sp³-hybridized carbons (Fsp3) is 0.174. The molecule has 2 aromatic carbocycles. The SMILES string of the molecule is COc1ccc(C(CNC(=O)c2occc2C)c2c[nH]c3ccccc23)cc1. The van der Waals surface area contributed by atoms with Gasteiger partial charge in [0.2, 0.25) is 0 Å². The van der Waals surface area contributed by atoms with Crippen molar-refractivity contribution in [3.8, 4) is 5.75 Å². The number of rotatable bonds is 6. The summed E-state index contributed by atoms with van der Waals surface area (Å²) in [6.45, 7) is 2.31. The van der Waals surface area contributed by atoms with Gasteiger partial charge in [-0.2, -0.15) is 0 Å². The maximum absolute atomic E-state index is 12.6. The van der Waals surface area contributed by atoms with Gasteiger partial charge in [0.05, 0.1) is 13.4 Å². The highest BCUT2D eigenvalue weighted by Gasteiger charge is 2.21. The largest absolute Gasteiger partial charge is 0.497 e. The maximum Gasteiger partial charge on any atom is 0.287 e. The molecule has 0 saturated heterocycles. The summed E-state index contributed by atoms with van der Waals surface area (Å²) in [7, 11) is 1.65. The topological polar surface area (TPSA) is 67.3 Å². The summed E-state index contributed by atoms with van der Waals surface area (Å²) in [6, 6.07) is 17.9. The minimum absolute atomic E-state index is 0.0127. The molecule has 5 heteroatoms. The molecule has 1 amide bonds. The van der Waals surface area contributed by atoms with Crippen LogP contribution in [0.15, 0.2) is 71.5 Å². The first-order valence-corrected chi connectivity index (χ1v) is 9.19. The van der Waals surface area contributed by atoms with Gasteiger partial charge >= 0.3 is 0 Å². The zero-order chi connectivity index (χ0) is 19.5. The molecule has 5 nitrogen and oxygen atoms in total. The Hall–Kier alpha value is -3.47. The van der Waals surface area contributed by atoms with E-state index < -0.39 is 0 Å². The predicted octanol–water partition coefficient (Wildman–Crippen LogP) is 4.64. The lowest BCUT2D eigenvalue weighted by molar-refractivity contribution is 0.0924. The van der Waals surface area contributed by atoms with Gasteiger partial charge in [0.1, 0.15) is 5.75 Å². The lowest BCUT2D eigenvalue weighted by Gasteiger charge is -2.18. The quantitative estimate of drug-likeness (QED) is 0.517. The molecule has 0 aliphatic heterocycles. The highest BCUT2D eigenvalue weighted by atomic mass is 16.5. The van der Waals surface area contributed by atoms with E-state index in [0.29, 0.717) is 12.3 Å². The van der Waals surface area contributed by atoms with Crippen molar-refractivity contribution in [2.24, 2.45) is 0 Å². The first-order valence-electron chi connectivity index (χ1n) is 9.19. The van der Waals surface area contributed by atoms with Crippen molar-refractivity contribution in [2.45, 2.75) is 12.8 Å². The average molecular weight is 374 g/mol. The average Bonchev–Trinajstić information content (AvgIpc) is 3.35. The van der Waals surface area contributed by atoms with E-state index in [9.17, 15) is 4.79 Å². The first kappa shape index (κ1) is 17.9. The second-order valence-electron chi connectivity index (χ2n) is 6.76. The molecule has 4 rings (SSSR count). The molecule has 0 aliphatic rings. The van der Waals surface area contributed by atoms with Crippen LogP contribution in [0, 0.1) is 6.92 Å². The number of aromatic nitrogens is 1. The van der Waals surface area contributed by atoms with Gasteiger partial charge in [-0.3, -0.25) is 4.79 Å². The fourth-order valence-electron chi connectivity index (χ4n) is 3.51. The van der Waals surface area contributed by atoms with Crippen LogP contribution in [0.4, 0.5) is 0 Å². The Morgan fingerprint density at radius 2 is 1.93 bits per heavy atom. The van der Waals surface area contributed by atoms with Gasteiger partial charge in [-0.1, -0.05) is 30.3 Å². The highest BCUT2D eigenvalue weighted by Crippen LogP contribution is 2.31. The number of methoxy groups -OCH3 is 1. The number of carbonyl (C=O) groups excluding carboxylic acids is 1. The van der Waals surface area contributed by atoms with Crippen LogP contribution in [0.25, 0.3) is 10.9 Å². The van der Waals surface area contributed by atoms with Crippen molar-refractivity contribution in [3.05, 3.63) is 89.5 Å². The summed E-state index contributed by atoms with van der Waals surface area (Å²) in [5, 5.41) is 4.17. The molecule has 1 atom stereocenters. The summed E-state index contributed by atoms with van der Waals surface area (Å²) in [6.07, 6.45) is 3.55. The molecule has 0 fully saturated rings. The van der Waals surface area contributed by atoms with Crippen molar-refractivity contribution in [2.75, 3.05) is 13.7 Å². The van der Waals surface area contributed by atoms with Gasteiger partial charge in [0.15, 0.2) is 5.76 Å². The molecule has 2 heterocycles. The number of ether oxygens (including phenoxy) is 1. The Bertz CT molecular complexity index is 1090. The number of benzene rings is 2. The summed E-state index contributed by atoms with van der Waals surface area (Å²) in [4.78, 5) is 15.9. The van der Waals surface area contributed by atoms with E-state index in [2.05, 4.69) is 22.4 Å². The molecule has 4 aromatic rings. The van der Waals surface area contributed by atoms with Crippen LogP contribution in [-0.2, 0) is 0 Å². The second-order valence-corrected chi connectivity index (χ2v) is 6.76. The third kappa shape index (κ3) is 3.39. The minimum atomic E-state index is -0.208. The zero-order valence-corrected chi connectivity index (χ0v) is 15.9. The lowest BCUT2D eigenvalue weighted by Crippen LogP contribution is -2.29. The number of para-hydroxylation sites is 1. The van der Waals surface area contributed by atoms with Crippen LogP contribution in [0.5, 0.6) is 5.75 Å². The van der Waals surface area contributed by atoms with Gasteiger partial charge in [-0.25, -0.2) is 0 Å². The number of nitrogens with one attached hydrogen (secondary N) is 2. The molecule has 142 valence electrons. The van der Waals surface area contributed by atoms with Crippen LogP contribution in [-0.4, -0.2) is 24.5 Å². The highest BCUT2D eigenvalue weighted by molar-refractivity contribution is 5.93. The fourth-order valence-corrected chi connectivity index (χ4v) is 3.51. The normalized spacial score (nSPS) is 12.1. The van der Waals surface area contributed by atoms with Crippen LogP contribution >= 0.6 is 0 Å². The maximum atomic E-state index is 12.6. The Labute approximate surface area is 163 Å². The Kier molecular flexibility index (Phi) is 4.89. The van der Waals surface area contributed by atoms with E-state index in [1.165, 1.54) is 6.26 Å². The molecule has 2 N–H and O–H groups in total. The molecule has 1 unspecified atom stereocenters. The zero-order valence-electron chi connectivity index (χ0n) is 15.9. The van der Waals surface area contributed by atoms with Gasteiger partial charge in [0, 0.05) is 35.1 Å². The van der Waals surface area contributed by atoms with Crippen LogP contribution in [0.3, 0.4) is 0 Å². The van der Waals surface area contributed by atoms with E-state index >= 15 is 0 Å². The number of hydrogen-bond acceptors (Lipinski definition) is 3. The summed E-state index contributed by atoms with van der Waals surface area (Å²) < 4.78 is 10.6.